The van der Waals surface area contributed by atoms with Crippen LogP contribution < -0.4 is 10.5 Å². The van der Waals surface area contributed by atoms with Gasteiger partial charge in [0.05, 0.1) is 24.0 Å². The van der Waals surface area contributed by atoms with Crippen LogP contribution in [0.1, 0.15) is 23.7 Å². The summed E-state index contributed by atoms with van der Waals surface area (Å²) >= 11 is 0. The summed E-state index contributed by atoms with van der Waals surface area (Å²) in [5.74, 6) is 0.515. The Balaban J connectivity index is 1.51. The topological polar surface area (TPSA) is 81.0 Å². The Hall–Kier alpha value is -3.87. The van der Waals surface area contributed by atoms with Crippen LogP contribution in [0, 0.1) is 0 Å². The number of hydrogen-bond acceptors (Lipinski definition) is 6. The van der Waals surface area contributed by atoms with Gasteiger partial charge >= 0.3 is 0 Å². The second-order valence-corrected chi connectivity index (χ2v) is 7.66. The molecule has 31 heavy (non-hydrogen) atoms. The van der Waals surface area contributed by atoms with E-state index in [2.05, 4.69) is 16.9 Å². The highest BCUT2D eigenvalue weighted by Crippen LogP contribution is 2.27. The van der Waals surface area contributed by atoms with Gasteiger partial charge in [-0.2, -0.15) is 0 Å². The van der Waals surface area contributed by atoms with Crippen molar-refractivity contribution in [2.75, 3.05) is 11.4 Å². The van der Waals surface area contributed by atoms with Crippen molar-refractivity contribution in [1.29, 1.82) is 0 Å². The van der Waals surface area contributed by atoms with Crippen molar-refractivity contribution in [3.63, 3.8) is 0 Å². The molecule has 7 heteroatoms. The minimum Gasteiger partial charge on any atom is -0.330 e. The van der Waals surface area contributed by atoms with Crippen molar-refractivity contribution in [2.45, 2.75) is 25.9 Å². The van der Waals surface area contributed by atoms with Gasteiger partial charge in [-0.3, -0.25) is 14.2 Å². The number of benzene rings is 2. The molecule has 0 radical (unpaired) electrons. The van der Waals surface area contributed by atoms with Gasteiger partial charge in [-0.1, -0.05) is 43.3 Å². The lowest BCUT2D eigenvalue weighted by Crippen LogP contribution is -2.36. The molecule has 1 aliphatic heterocycles. The Morgan fingerprint density at radius 1 is 1.06 bits per heavy atom. The van der Waals surface area contributed by atoms with Crippen molar-refractivity contribution in [2.24, 2.45) is 0 Å². The first-order valence-corrected chi connectivity index (χ1v) is 10.3. The van der Waals surface area contributed by atoms with Crippen LogP contribution in [0.4, 0.5) is 5.95 Å². The van der Waals surface area contributed by atoms with E-state index in [4.69, 9.17) is 4.98 Å². The lowest BCUT2D eigenvalue weighted by molar-refractivity contribution is 0.0997. The van der Waals surface area contributed by atoms with E-state index in [1.54, 1.807) is 16.8 Å². The number of aromatic nitrogens is 4. The first kappa shape index (κ1) is 19.1. The molecule has 4 aromatic rings. The zero-order chi connectivity index (χ0) is 21.4. The van der Waals surface area contributed by atoms with Crippen LogP contribution >= 0.6 is 0 Å². The third-order valence-electron chi connectivity index (χ3n) is 5.78. The van der Waals surface area contributed by atoms with Gasteiger partial charge in [-0.05, 0) is 29.3 Å². The predicted octanol–water partition coefficient (Wildman–Crippen LogP) is 3.34. The van der Waals surface area contributed by atoms with Gasteiger partial charge in [0.25, 0.3) is 5.56 Å². The second kappa shape index (κ2) is 7.75. The second-order valence-electron chi connectivity index (χ2n) is 7.66. The van der Waals surface area contributed by atoms with Crippen LogP contribution in [0.5, 0.6) is 0 Å². The summed E-state index contributed by atoms with van der Waals surface area (Å²) in [6, 6.07) is 17.0. The average Bonchev–Trinajstić information content (AvgIpc) is 3.17. The van der Waals surface area contributed by atoms with E-state index in [1.807, 2.05) is 47.4 Å². The molecular formula is C24H21N5O2. The largest absolute Gasteiger partial charge is 0.330 e. The molecule has 3 heterocycles. The van der Waals surface area contributed by atoms with Crippen LogP contribution in [-0.4, -0.2) is 37.9 Å². The molecule has 0 amide bonds. The summed E-state index contributed by atoms with van der Waals surface area (Å²) in [4.78, 5) is 40.7. The van der Waals surface area contributed by atoms with Crippen molar-refractivity contribution < 1.29 is 4.79 Å². The number of hydrogen-bond donors (Lipinski definition) is 0. The molecule has 2 aromatic carbocycles. The Kier molecular flexibility index (Phi) is 4.78. The van der Waals surface area contributed by atoms with Gasteiger partial charge in [0, 0.05) is 24.4 Å². The van der Waals surface area contributed by atoms with Gasteiger partial charge in [-0.15, -0.1) is 0 Å². The minimum absolute atomic E-state index is 0.000610. The minimum atomic E-state index is -0.141. The standard InChI is InChI=1S/C24H21N5O2/c1-2-19-13-29-23(31)12-21(20-9-10-25-15-26-20)27-24(29)28(19)14-22(30)18-8-7-16-5-3-4-6-17(16)11-18/h3-12,15,19H,2,13-14H2,1H3. The van der Waals surface area contributed by atoms with Gasteiger partial charge in [0.15, 0.2) is 5.78 Å². The molecule has 0 spiro atoms. The molecule has 0 N–H and O–H groups in total. The first-order chi connectivity index (χ1) is 15.1. The van der Waals surface area contributed by atoms with E-state index in [0.29, 0.717) is 29.4 Å². The number of rotatable bonds is 5. The van der Waals surface area contributed by atoms with Crippen molar-refractivity contribution in [3.05, 3.63) is 83.0 Å². The molecule has 154 valence electrons. The Morgan fingerprint density at radius 2 is 1.90 bits per heavy atom. The maximum atomic E-state index is 13.2. The molecule has 0 saturated heterocycles. The van der Waals surface area contributed by atoms with E-state index < -0.39 is 0 Å². The van der Waals surface area contributed by atoms with Crippen molar-refractivity contribution in [3.8, 4) is 11.4 Å². The van der Waals surface area contributed by atoms with Crippen LogP contribution in [0.2, 0.25) is 0 Å². The fraction of sp³-hybridized carbons (Fsp3) is 0.208. The number of anilines is 1. The highest BCUT2D eigenvalue weighted by atomic mass is 16.1. The molecule has 2 aromatic heterocycles. The smallest absolute Gasteiger partial charge is 0.255 e. The third-order valence-corrected chi connectivity index (χ3v) is 5.78. The van der Waals surface area contributed by atoms with E-state index in [1.165, 1.54) is 12.4 Å². The number of Topliss-reactive ketones (excluding diaryl/α,β-unsaturated/α-hetero) is 1. The van der Waals surface area contributed by atoms with Gasteiger partial charge < -0.3 is 4.90 Å². The number of nitrogens with zero attached hydrogens (tertiary/aromatic N) is 5. The molecule has 1 unspecified atom stereocenters. The zero-order valence-electron chi connectivity index (χ0n) is 17.1. The molecule has 0 aliphatic carbocycles. The maximum Gasteiger partial charge on any atom is 0.255 e. The highest BCUT2D eigenvalue weighted by molar-refractivity contribution is 6.02. The molecule has 0 bridgehead atoms. The lowest BCUT2D eigenvalue weighted by Gasteiger charge is -2.23. The van der Waals surface area contributed by atoms with Crippen LogP contribution in [0.25, 0.3) is 22.2 Å². The zero-order valence-corrected chi connectivity index (χ0v) is 17.1. The summed E-state index contributed by atoms with van der Waals surface area (Å²) in [7, 11) is 0. The average molecular weight is 411 g/mol. The first-order valence-electron chi connectivity index (χ1n) is 10.3. The molecule has 5 rings (SSSR count). The predicted molar refractivity (Wildman–Crippen MR) is 119 cm³/mol. The fourth-order valence-corrected chi connectivity index (χ4v) is 4.09. The summed E-state index contributed by atoms with van der Waals surface area (Å²) in [6.07, 6.45) is 3.85. The highest BCUT2D eigenvalue weighted by Gasteiger charge is 2.32. The van der Waals surface area contributed by atoms with Crippen LogP contribution in [0.15, 0.2) is 71.9 Å². The molecule has 1 aliphatic rings. The molecule has 1 atom stereocenters. The normalized spacial score (nSPS) is 15.3. The van der Waals surface area contributed by atoms with E-state index in [-0.39, 0.29) is 23.9 Å². The molecular weight excluding hydrogens is 390 g/mol. The van der Waals surface area contributed by atoms with Gasteiger partial charge in [0.2, 0.25) is 5.95 Å². The Bertz CT molecular complexity index is 1330. The monoisotopic (exact) mass is 411 g/mol. The molecule has 0 fully saturated rings. The van der Waals surface area contributed by atoms with E-state index >= 15 is 0 Å². The molecule has 7 nitrogen and oxygen atoms in total. The van der Waals surface area contributed by atoms with Gasteiger partial charge in [-0.25, -0.2) is 15.0 Å². The summed E-state index contributed by atoms with van der Waals surface area (Å²) in [5.41, 5.74) is 1.58. The maximum absolute atomic E-state index is 13.2. The summed E-state index contributed by atoms with van der Waals surface area (Å²) < 4.78 is 1.65. The SMILES string of the molecule is CCC1Cn2c(nc(-c3ccncn3)cc2=O)N1CC(=O)c1ccc2ccccc2c1. The summed E-state index contributed by atoms with van der Waals surface area (Å²) in [6.45, 7) is 2.74. The number of carbonyl (C=O) groups excluding carboxylic acids is 1. The fourth-order valence-electron chi connectivity index (χ4n) is 4.09. The van der Waals surface area contributed by atoms with Crippen molar-refractivity contribution >= 4 is 22.5 Å². The quantitative estimate of drug-likeness (QED) is 0.469. The Morgan fingerprint density at radius 3 is 2.68 bits per heavy atom. The number of ketones is 1. The summed E-state index contributed by atoms with van der Waals surface area (Å²) in [5, 5.41) is 2.13. The third kappa shape index (κ3) is 3.48. The lowest BCUT2D eigenvalue weighted by atomic mass is 10.0. The van der Waals surface area contributed by atoms with E-state index in [9.17, 15) is 9.59 Å². The van der Waals surface area contributed by atoms with Gasteiger partial charge in [0.1, 0.15) is 6.33 Å². The van der Waals surface area contributed by atoms with Crippen LogP contribution in [-0.2, 0) is 6.54 Å². The van der Waals surface area contributed by atoms with Crippen molar-refractivity contribution in [1.82, 2.24) is 19.5 Å². The van der Waals surface area contributed by atoms with E-state index in [0.717, 1.165) is 17.2 Å². The van der Waals surface area contributed by atoms with Crippen LogP contribution in [0.3, 0.4) is 0 Å². The number of carbonyl (C=O) groups is 1. The number of fused-ring (bicyclic) bond motifs is 2. The Labute approximate surface area is 179 Å². The molecule has 0 saturated carbocycles.